The summed E-state index contributed by atoms with van der Waals surface area (Å²) in [5.74, 6) is -0.531. The largest absolute Gasteiger partial charge is 0.480 e. The van der Waals surface area contributed by atoms with Crippen molar-refractivity contribution in [2.45, 2.75) is 44.9 Å². The van der Waals surface area contributed by atoms with Gasteiger partial charge in [-0.3, -0.25) is 9.59 Å². The molecule has 0 bridgehead atoms. The number of rotatable bonds is 11. The van der Waals surface area contributed by atoms with Crippen LogP contribution < -0.4 is 4.90 Å². The fraction of sp³-hybridized carbons (Fsp3) is 0.400. The molecule has 3 aromatic rings. The van der Waals surface area contributed by atoms with Crippen molar-refractivity contribution in [3.05, 3.63) is 88.2 Å². The van der Waals surface area contributed by atoms with E-state index in [9.17, 15) is 14.7 Å². The molecular weight excluding hydrogens is 500 g/mol. The molecule has 200 valence electrons. The molecule has 38 heavy (non-hydrogen) atoms. The molecule has 8 heteroatoms. The van der Waals surface area contributed by atoms with Crippen LogP contribution in [0.15, 0.2) is 60.8 Å². The molecule has 4 rings (SSSR count). The van der Waals surface area contributed by atoms with Gasteiger partial charge in [0.05, 0.1) is 11.3 Å². The van der Waals surface area contributed by atoms with E-state index in [1.54, 1.807) is 12.3 Å². The fourth-order valence-corrected chi connectivity index (χ4v) is 5.23. The molecule has 1 aliphatic carbocycles. The van der Waals surface area contributed by atoms with Crippen LogP contribution in [0.4, 0.5) is 5.95 Å². The summed E-state index contributed by atoms with van der Waals surface area (Å²) in [5.41, 5.74) is 3.03. The lowest BCUT2D eigenvalue weighted by Gasteiger charge is -2.29. The van der Waals surface area contributed by atoms with Gasteiger partial charge in [-0.1, -0.05) is 73.3 Å². The molecular formula is C30H35ClN4O3. The van der Waals surface area contributed by atoms with Crippen LogP contribution >= 0.6 is 11.6 Å². The van der Waals surface area contributed by atoms with Crippen molar-refractivity contribution in [3.8, 4) is 0 Å². The summed E-state index contributed by atoms with van der Waals surface area (Å²) in [5, 5.41) is 10.2. The zero-order valence-electron chi connectivity index (χ0n) is 21.9. The quantitative estimate of drug-likeness (QED) is 0.349. The molecule has 1 N–H and O–H groups in total. The van der Waals surface area contributed by atoms with Gasteiger partial charge in [0.1, 0.15) is 6.54 Å². The monoisotopic (exact) mass is 534 g/mol. The van der Waals surface area contributed by atoms with Crippen LogP contribution in [0.3, 0.4) is 0 Å². The lowest BCUT2D eigenvalue weighted by atomic mass is 9.89. The highest BCUT2D eigenvalue weighted by molar-refractivity contribution is 6.30. The van der Waals surface area contributed by atoms with Crippen LogP contribution in [-0.2, 0) is 17.6 Å². The Kier molecular flexibility index (Phi) is 9.71. The number of carboxylic acids is 1. The second-order valence-corrected chi connectivity index (χ2v) is 10.5. The Hall–Kier alpha value is -3.45. The number of aliphatic carboxylic acids is 1. The van der Waals surface area contributed by atoms with Gasteiger partial charge in [-0.25, -0.2) is 9.97 Å². The molecule has 0 unspecified atom stereocenters. The number of carbonyl (C=O) groups excluding carboxylic acids is 1. The van der Waals surface area contributed by atoms with Crippen LogP contribution in [0.2, 0.25) is 5.02 Å². The van der Waals surface area contributed by atoms with E-state index in [4.69, 9.17) is 16.6 Å². The second-order valence-electron chi connectivity index (χ2n) is 10.1. The average molecular weight is 535 g/mol. The summed E-state index contributed by atoms with van der Waals surface area (Å²) in [6, 6.07) is 17.7. The maximum atomic E-state index is 13.8. The predicted molar refractivity (Wildman–Crippen MR) is 150 cm³/mol. The first-order valence-electron chi connectivity index (χ1n) is 13.3. The third kappa shape index (κ3) is 7.78. The molecule has 0 aliphatic heterocycles. The van der Waals surface area contributed by atoms with Crippen molar-refractivity contribution in [3.63, 3.8) is 0 Å². The van der Waals surface area contributed by atoms with E-state index in [1.807, 2.05) is 48.3 Å². The zero-order chi connectivity index (χ0) is 26.9. The summed E-state index contributed by atoms with van der Waals surface area (Å²) < 4.78 is 0. The minimum atomic E-state index is -1.02. The summed E-state index contributed by atoms with van der Waals surface area (Å²) in [6.07, 6.45) is 8.23. The van der Waals surface area contributed by atoms with Crippen molar-refractivity contribution < 1.29 is 14.7 Å². The Balaban J connectivity index is 1.61. The number of benzene rings is 2. The molecule has 1 aliphatic rings. The van der Waals surface area contributed by atoms with Gasteiger partial charge in [0.25, 0.3) is 5.91 Å². The number of carboxylic acid groups (broad SMARTS) is 1. The number of hydrogen-bond donors (Lipinski definition) is 1. The van der Waals surface area contributed by atoms with Gasteiger partial charge in [0, 0.05) is 37.8 Å². The smallest absolute Gasteiger partial charge is 0.323 e. The van der Waals surface area contributed by atoms with E-state index < -0.39 is 5.97 Å². The summed E-state index contributed by atoms with van der Waals surface area (Å²) in [4.78, 5) is 38.2. The van der Waals surface area contributed by atoms with Crippen LogP contribution in [0.1, 0.15) is 59.3 Å². The van der Waals surface area contributed by atoms with Crippen LogP contribution in [-0.4, -0.2) is 58.5 Å². The highest BCUT2D eigenvalue weighted by atomic mass is 35.5. The zero-order valence-corrected chi connectivity index (χ0v) is 22.6. The summed E-state index contributed by atoms with van der Waals surface area (Å²) in [7, 11) is 1.93. The SMILES string of the molecule is CN(CCc1ccccc1)c1ncc(C(=O)N(CC(=O)O)CC2CCCCC2)c(Cc2cccc(Cl)c2)n1. The van der Waals surface area contributed by atoms with Gasteiger partial charge in [0.2, 0.25) is 5.95 Å². The lowest BCUT2D eigenvalue weighted by molar-refractivity contribution is -0.137. The van der Waals surface area contributed by atoms with Gasteiger partial charge >= 0.3 is 5.97 Å². The van der Waals surface area contributed by atoms with Gasteiger partial charge in [-0.15, -0.1) is 0 Å². The second kappa shape index (κ2) is 13.4. The molecule has 0 radical (unpaired) electrons. The Morgan fingerprint density at radius 2 is 1.76 bits per heavy atom. The van der Waals surface area contributed by atoms with E-state index >= 15 is 0 Å². The predicted octanol–water partition coefficient (Wildman–Crippen LogP) is 5.51. The number of likely N-dealkylation sites (N-methyl/N-ethyl adjacent to an activating group) is 1. The molecule has 2 aromatic carbocycles. The Bertz CT molecular complexity index is 1230. The van der Waals surface area contributed by atoms with Crippen molar-refractivity contribution in [1.29, 1.82) is 0 Å². The number of hydrogen-bond acceptors (Lipinski definition) is 5. The molecule has 0 spiro atoms. The van der Waals surface area contributed by atoms with Crippen LogP contribution in [0.5, 0.6) is 0 Å². The normalized spacial score (nSPS) is 13.7. The number of halogens is 1. The van der Waals surface area contributed by atoms with Gasteiger partial charge in [0.15, 0.2) is 0 Å². The molecule has 0 saturated heterocycles. The van der Waals surface area contributed by atoms with Crippen molar-refractivity contribution >= 4 is 29.4 Å². The molecule has 1 heterocycles. The van der Waals surface area contributed by atoms with E-state index in [-0.39, 0.29) is 12.5 Å². The molecule has 1 amide bonds. The maximum absolute atomic E-state index is 13.8. The van der Waals surface area contributed by atoms with Crippen LogP contribution in [0.25, 0.3) is 0 Å². The molecule has 1 aromatic heterocycles. The summed E-state index contributed by atoms with van der Waals surface area (Å²) in [6.45, 7) is 0.797. The standard InChI is InChI=1S/C30H35ClN4O3/c1-34(16-15-22-9-4-2-5-10-22)30-32-19-26(27(33-30)18-24-13-8-14-25(31)17-24)29(38)35(21-28(36)37)20-23-11-6-3-7-12-23/h2,4-5,8-10,13-14,17,19,23H,3,6-7,11-12,15-16,18,20-21H2,1H3,(H,36,37). The molecule has 1 fully saturated rings. The van der Waals surface area contributed by atoms with Crippen molar-refractivity contribution in [2.75, 3.05) is 31.6 Å². The average Bonchev–Trinajstić information content (AvgIpc) is 2.92. The fourth-order valence-electron chi connectivity index (χ4n) is 5.02. The van der Waals surface area contributed by atoms with E-state index in [1.165, 1.54) is 16.9 Å². The summed E-state index contributed by atoms with van der Waals surface area (Å²) >= 11 is 6.23. The number of aromatic nitrogens is 2. The third-order valence-corrected chi connectivity index (χ3v) is 7.32. The van der Waals surface area contributed by atoms with E-state index in [2.05, 4.69) is 17.1 Å². The topological polar surface area (TPSA) is 86.6 Å². The number of carbonyl (C=O) groups is 2. The number of amides is 1. The minimum Gasteiger partial charge on any atom is -0.480 e. The van der Waals surface area contributed by atoms with Gasteiger partial charge in [-0.05, 0) is 48.4 Å². The highest BCUT2D eigenvalue weighted by Gasteiger charge is 2.27. The van der Waals surface area contributed by atoms with E-state index in [0.717, 1.165) is 37.7 Å². The molecule has 0 atom stereocenters. The first kappa shape index (κ1) is 27.6. The van der Waals surface area contributed by atoms with E-state index in [0.29, 0.717) is 47.7 Å². The number of anilines is 1. The Morgan fingerprint density at radius 3 is 2.47 bits per heavy atom. The van der Waals surface area contributed by atoms with Crippen molar-refractivity contribution in [2.24, 2.45) is 5.92 Å². The van der Waals surface area contributed by atoms with Gasteiger partial charge in [-0.2, -0.15) is 0 Å². The van der Waals surface area contributed by atoms with Gasteiger partial charge < -0.3 is 14.9 Å². The number of nitrogens with zero attached hydrogens (tertiary/aromatic N) is 4. The Morgan fingerprint density at radius 1 is 1.03 bits per heavy atom. The minimum absolute atomic E-state index is 0.313. The maximum Gasteiger partial charge on any atom is 0.323 e. The van der Waals surface area contributed by atoms with Crippen molar-refractivity contribution in [1.82, 2.24) is 14.9 Å². The molecule has 7 nitrogen and oxygen atoms in total. The Labute approximate surface area is 229 Å². The lowest BCUT2D eigenvalue weighted by Crippen LogP contribution is -2.40. The molecule has 1 saturated carbocycles. The first-order chi connectivity index (χ1) is 18.4. The third-order valence-electron chi connectivity index (χ3n) is 7.08. The van der Waals surface area contributed by atoms with Crippen LogP contribution in [0, 0.1) is 5.92 Å². The first-order valence-corrected chi connectivity index (χ1v) is 13.6. The highest BCUT2D eigenvalue weighted by Crippen LogP contribution is 2.26.